The van der Waals surface area contributed by atoms with E-state index in [9.17, 15) is 9.59 Å². The molecule has 0 aliphatic carbocycles. The SMILES string of the molecule is Cc1cc(C(=O)N2CCNCC2C)cc(C)c1OCC(=O)N1CCCCC1.Cl. The molecule has 0 spiro atoms. The van der Waals surface area contributed by atoms with Crippen molar-refractivity contribution in [2.24, 2.45) is 0 Å². The van der Waals surface area contributed by atoms with Gasteiger partial charge in [-0.1, -0.05) is 0 Å². The van der Waals surface area contributed by atoms with Gasteiger partial charge in [0.1, 0.15) is 5.75 Å². The molecule has 1 aromatic rings. The van der Waals surface area contributed by atoms with Gasteiger partial charge >= 0.3 is 0 Å². The Labute approximate surface area is 174 Å². The van der Waals surface area contributed by atoms with Crippen LogP contribution >= 0.6 is 12.4 Å². The third-order valence-electron chi connectivity index (χ3n) is 5.52. The Morgan fingerprint density at radius 2 is 1.75 bits per heavy atom. The highest BCUT2D eigenvalue weighted by Crippen LogP contribution is 2.26. The van der Waals surface area contributed by atoms with E-state index in [-0.39, 0.29) is 36.9 Å². The number of benzene rings is 1. The number of rotatable bonds is 4. The molecule has 2 amide bonds. The molecule has 1 unspecified atom stereocenters. The van der Waals surface area contributed by atoms with E-state index in [4.69, 9.17) is 4.74 Å². The van der Waals surface area contributed by atoms with E-state index in [1.54, 1.807) is 0 Å². The van der Waals surface area contributed by atoms with Gasteiger partial charge in [-0.15, -0.1) is 12.4 Å². The molecular weight excluding hydrogens is 378 g/mol. The van der Waals surface area contributed by atoms with Crippen LogP contribution < -0.4 is 10.1 Å². The van der Waals surface area contributed by atoms with Gasteiger partial charge in [0, 0.05) is 44.3 Å². The Hall–Kier alpha value is -1.79. The highest BCUT2D eigenvalue weighted by molar-refractivity contribution is 5.95. The summed E-state index contributed by atoms with van der Waals surface area (Å²) in [4.78, 5) is 29.0. The number of carbonyl (C=O) groups is 2. The molecule has 156 valence electrons. The van der Waals surface area contributed by atoms with Crippen LogP contribution in [0.25, 0.3) is 0 Å². The average molecular weight is 410 g/mol. The van der Waals surface area contributed by atoms with Crippen LogP contribution in [0.15, 0.2) is 12.1 Å². The van der Waals surface area contributed by atoms with Gasteiger partial charge in [0.05, 0.1) is 0 Å². The van der Waals surface area contributed by atoms with Gasteiger partial charge in [-0.2, -0.15) is 0 Å². The third kappa shape index (κ3) is 5.17. The molecule has 7 heteroatoms. The second kappa shape index (κ2) is 10.1. The maximum Gasteiger partial charge on any atom is 0.260 e. The minimum Gasteiger partial charge on any atom is -0.483 e. The molecule has 2 aliphatic rings. The van der Waals surface area contributed by atoms with Crippen molar-refractivity contribution in [3.8, 4) is 5.75 Å². The summed E-state index contributed by atoms with van der Waals surface area (Å²) in [6.07, 6.45) is 3.35. The van der Waals surface area contributed by atoms with E-state index >= 15 is 0 Å². The maximum atomic E-state index is 12.9. The second-order valence-corrected chi connectivity index (χ2v) is 7.72. The van der Waals surface area contributed by atoms with Crippen molar-refractivity contribution < 1.29 is 14.3 Å². The standard InChI is InChI=1S/C21H31N3O3.ClH/c1-15-11-18(21(26)24-10-7-22-13-17(24)3)12-16(2)20(15)27-14-19(25)23-8-5-4-6-9-23;/h11-12,17,22H,4-10,13-14H2,1-3H3;1H. The van der Waals surface area contributed by atoms with Crippen LogP contribution in [-0.2, 0) is 4.79 Å². The van der Waals surface area contributed by atoms with Crippen LogP contribution in [-0.4, -0.2) is 67.0 Å². The zero-order valence-electron chi connectivity index (χ0n) is 17.1. The van der Waals surface area contributed by atoms with Crippen molar-refractivity contribution in [1.29, 1.82) is 0 Å². The van der Waals surface area contributed by atoms with Crippen LogP contribution in [0, 0.1) is 13.8 Å². The Morgan fingerprint density at radius 3 is 2.36 bits per heavy atom. The van der Waals surface area contributed by atoms with Gasteiger partial charge in [0.2, 0.25) is 0 Å². The fraction of sp³-hybridized carbons (Fsp3) is 0.619. The summed E-state index contributed by atoms with van der Waals surface area (Å²) in [7, 11) is 0. The zero-order chi connectivity index (χ0) is 19.4. The molecule has 0 bridgehead atoms. The molecule has 6 nitrogen and oxygen atoms in total. The lowest BCUT2D eigenvalue weighted by Crippen LogP contribution is -2.52. The Morgan fingerprint density at radius 1 is 1.11 bits per heavy atom. The van der Waals surface area contributed by atoms with Crippen LogP contribution in [0.1, 0.15) is 47.7 Å². The van der Waals surface area contributed by atoms with E-state index in [0.717, 1.165) is 56.7 Å². The van der Waals surface area contributed by atoms with Crippen molar-refractivity contribution in [3.63, 3.8) is 0 Å². The molecule has 3 rings (SSSR count). The summed E-state index contributed by atoms with van der Waals surface area (Å²) in [6.45, 7) is 10.0. The normalized spacial score (nSPS) is 19.8. The number of amides is 2. The van der Waals surface area contributed by atoms with Gasteiger partial charge < -0.3 is 19.9 Å². The number of halogens is 1. The third-order valence-corrected chi connectivity index (χ3v) is 5.52. The number of nitrogens with zero attached hydrogens (tertiary/aromatic N) is 2. The fourth-order valence-corrected chi connectivity index (χ4v) is 3.98. The number of ether oxygens (including phenoxy) is 1. The number of hydrogen-bond acceptors (Lipinski definition) is 4. The van der Waals surface area contributed by atoms with Gasteiger partial charge in [0.25, 0.3) is 11.8 Å². The highest BCUT2D eigenvalue weighted by Gasteiger charge is 2.25. The van der Waals surface area contributed by atoms with Crippen molar-refractivity contribution in [2.75, 3.05) is 39.3 Å². The predicted octanol–water partition coefficient (Wildman–Crippen LogP) is 2.55. The number of piperazine rings is 1. The molecule has 2 heterocycles. The zero-order valence-corrected chi connectivity index (χ0v) is 17.9. The molecular formula is C21H32ClN3O3. The number of likely N-dealkylation sites (tertiary alicyclic amines) is 1. The Balaban J connectivity index is 0.00000280. The lowest BCUT2D eigenvalue weighted by atomic mass is 10.0. The van der Waals surface area contributed by atoms with Crippen molar-refractivity contribution in [3.05, 3.63) is 28.8 Å². The lowest BCUT2D eigenvalue weighted by molar-refractivity contribution is -0.134. The average Bonchev–Trinajstić information content (AvgIpc) is 2.67. The van der Waals surface area contributed by atoms with Gasteiger partial charge in [-0.3, -0.25) is 9.59 Å². The molecule has 0 radical (unpaired) electrons. The number of carbonyl (C=O) groups excluding carboxylic acids is 2. The number of hydrogen-bond donors (Lipinski definition) is 1. The Bertz CT molecular complexity index is 681. The van der Waals surface area contributed by atoms with E-state index in [1.165, 1.54) is 6.42 Å². The molecule has 1 N–H and O–H groups in total. The minimum absolute atomic E-state index is 0. The number of nitrogens with one attached hydrogen (secondary N) is 1. The molecule has 0 saturated carbocycles. The van der Waals surface area contributed by atoms with Gasteiger partial charge in [-0.05, 0) is 63.3 Å². The maximum absolute atomic E-state index is 12.9. The quantitative estimate of drug-likeness (QED) is 0.830. The largest absolute Gasteiger partial charge is 0.483 e. The first kappa shape index (κ1) is 22.5. The van der Waals surface area contributed by atoms with E-state index in [2.05, 4.69) is 12.2 Å². The first-order valence-electron chi connectivity index (χ1n) is 10.0. The summed E-state index contributed by atoms with van der Waals surface area (Å²) in [5.41, 5.74) is 2.48. The van der Waals surface area contributed by atoms with E-state index < -0.39 is 0 Å². The molecule has 1 aromatic carbocycles. The summed E-state index contributed by atoms with van der Waals surface area (Å²) in [5, 5.41) is 3.31. The van der Waals surface area contributed by atoms with Gasteiger partial charge in [-0.25, -0.2) is 0 Å². The van der Waals surface area contributed by atoms with Crippen molar-refractivity contribution in [1.82, 2.24) is 15.1 Å². The van der Waals surface area contributed by atoms with E-state index in [0.29, 0.717) is 11.3 Å². The summed E-state index contributed by atoms with van der Waals surface area (Å²) >= 11 is 0. The van der Waals surface area contributed by atoms with Crippen molar-refractivity contribution in [2.45, 2.75) is 46.1 Å². The number of aryl methyl sites for hydroxylation is 2. The van der Waals surface area contributed by atoms with Crippen LogP contribution in [0.5, 0.6) is 5.75 Å². The second-order valence-electron chi connectivity index (χ2n) is 7.72. The topological polar surface area (TPSA) is 61.9 Å². The molecule has 2 fully saturated rings. The lowest BCUT2D eigenvalue weighted by Gasteiger charge is -2.34. The monoisotopic (exact) mass is 409 g/mol. The Kier molecular flexibility index (Phi) is 8.13. The highest BCUT2D eigenvalue weighted by atomic mass is 35.5. The first-order valence-corrected chi connectivity index (χ1v) is 10.0. The van der Waals surface area contributed by atoms with Crippen LogP contribution in [0.3, 0.4) is 0 Å². The van der Waals surface area contributed by atoms with E-state index in [1.807, 2.05) is 35.8 Å². The van der Waals surface area contributed by atoms with Crippen LogP contribution in [0.4, 0.5) is 0 Å². The minimum atomic E-state index is 0. The molecule has 2 aliphatic heterocycles. The van der Waals surface area contributed by atoms with Crippen LogP contribution in [0.2, 0.25) is 0 Å². The van der Waals surface area contributed by atoms with Crippen molar-refractivity contribution >= 4 is 24.2 Å². The van der Waals surface area contributed by atoms with Gasteiger partial charge in [0.15, 0.2) is 6.61 Å². The summed E-state index contributed by atoms with van der Waals surface area (Å²) < 4.78 is 5.86. The summed E-state index contributed by atoms with van der Waals surface area (Å²) in [6, 6.07) is 3.94. The number of piperidine rings is 1. The molecule has 0 aromatic heterocycles. The first-order chi connectivity index (χ1) is 13.0. The predicted molar refractivity (Wildman–Crippen MR) is 112 cm³/mol. The fourth-order valence-electron chi connectivity index (χ4n) is 3.98. The molecule has 1 atom stereocenters. The smallest absolute Gasteiger partial charge is 0.260 e. The molecule has 2 saturated heterocycles. The molecule has 28 heavy (non-hydrogen) atoms. The summed E-state index contributed by atoms with van der Waals surface area (Å²) in [5.74, 6) is 0.819.